The van der Waals surface area contributed by atoms with E-state index in [1.54, 1.807) is 20.8 Å². The van der Waals surface area contributed by atoms with Crippen molar-refractivity contribution in [3.63, 3.8) is 0 Å². The van der Waals surface area contributed by atoms with E-state index in [1.165, 1.54) is 6.92 Å². The molecular formula is C22H34FN5O9. The molecule has 2 rings (SSSR count). The molecule has 15 heteroatoms. The summed E-state index contributed by atoms with van der Waals surface area (Å²) in [6.07, 6.45) is -5.13. The highest BCUT2D eigenvalue weighted by Gasteiger charge is 2.44. The second kappa shape index (κ2) is 12.9. The number of unbranched alkanes of at least 4 members (excludes halogenated alkanes) is 1. The standard InChI is InChI=1S/C22H34FN5O9/c1-11(30)24-8-6-5-7-13(25-21(35)37-22(2,3)4)18(33)26-17-12(23)9-28(20(34)27-17)19-16(32)15(31)14(10-29)36-19/h9,13-16,19,29,31-32H,5-8,10H2,1-4H3,(H,24,30)(H,25,35)(H,26,27,33,34)/t13?,14-,15?,16?,19-/m1/s1. The highest BCUT2D eigenvalue weighted by atomic mass is 19.1. The van der Waals surface area contributed by atoms with Crippen LogP contribution in [0.3, 0.4) is 0 Å². The van der Waals surface area contributed by atoms with E-state index in [0.29, 0.717) is 30.2 Å². The summed E-state index contributed by atoms with van der Waals surface area (Å²) in [6, 6.07) is -1.18. The van der Waals surface area contributed by atoms with E-state index in [0.717, 1.165) is 0 Å². The highest BCUT2D eigenvalue weighted by molar-refractivity contribution is 5.95. The molecule has 208 valence electrons. The molecule has 1 aliphatic heterocycles. The Labute approximate surface area is 212 Å². The summed E-state index contributed by atoms with van der Waals surface area (Å²) in [5, 5.41) is 36.3. The molecule has 0 spiro atoms. The first kappa shape index (κ1) is 30.1. The molecule has 14 nitrogen and oxygen atoms in total. The second-order valence-electron chi connectivity index (χ2n) is 9.52. The largest absolute Gasteiger partial charge is 0.444 e. The molecule has 1 aromatic rings. The summed E-state index contributed by atoms with van der Waals surface area (Å²) in [6.45, 7) is 5.97. The molecule has 6 N–H and O–H groups in total. The maximum atomic E-state index is 14.8. The third-order valence-corrected chi connectivity index (χ3v) is 5.24. The summed E-state index contributed by atoms with van der Waals surface area (Å²) in [4.78, 5) is 52.1. The maximum absolute atomic E-state index is 14.8. The van der Waals surface area contributed by atoms with Crippen molar-refractivity contribution in [2.75, 3.05) is 18.5 Å². The minimum absolute atomic E-state index is 0.103. The Bertz CT molecular complexity index is 1030. The average Bonchev–Trinajstić information content (AvgIpc) is 3.07. The van der Waals surface area contributed by atoms with E-state index in [-0.39, 0.29) is 12.3 Å². The van der Waals surface area contributed by atoms with E-state index in [2.05, 4.69) is 20.9 Å². The molecule has 3 unspecified atom stereocenters. The molecule has 0 radical (unpaired) electrons. The van der Waals surface area contributed by atoms with Gasteiger partial charge in [0.05, 0.1) is 12.8 Å². The fourth-order valence-electron chi connectivity index (χ4n) is 3.49. The summed E-state index contributed by atoms with van der Waals surface area (Å²) >= 11 is 0. The molecule has 1 aliphatic rings. The molecule has 0 bridgehead atoms. The van der Waals surface area contributed by atoms with E-state index in [1.807, 2.05) is 0 Å². The molecule has 0 saturated carbocycles. The van der Waals surface area contributed by atoms with Gasteiger partial charge in [0.2, 0.25) is 11.8 Å². The van der Waals surface area contributed by atoms with Crippen LogP contribution in [0.4, 0.5) is 15.0 Å². The smallest absolute Gasteiger partial charge is 0.408 e. The van der Waals surface area contributed by atoms with Gasteiger partial charge in [0, 0.05) is 13.5 Å². The third-order valence-electron chi connectivity index (χ3n) is 5.24. The fraction of sp³-hybridized carbons (Fsp3) is 0.682. The predicted octanol–water partition coefficient (Wildman–Crippen LogP) is -0.868. The van der Waals surface area contributed by atoms with Crippen LogP contribution in [0.25, 0.3) is 0 Å². The number of hydrogen-bond donors (Lipinski definition) is 6. The van der Waals surface area contributed by atoms with Crippen LogP contribution >= 0.6 is 0 Å². The second-order valence-corrected chi connectivity index (χ2v) is 9.52. The lowest BCUT2D eigenvalue weighted by Crippen LogP contribution is -2.46. The Kier molecular flexibility index (Phi) is 10.5. The van der Waals surface area contributed by atoms with Gasteiger partial charge in [-0.15, -0.1) is 0 Å². The zero-order valence-corrected chi connectivity index (χ0v) is 21.1. The first-order valence-electron chi connectivity index (χ1n) is 11.7. The van der Waals surface area contributed by atoms with Crippen LogP contribution in [0.2, 0.25) is 0 Å². The molecule has 2 heterocycles. The third kappa shape index (κ3) is 8.73. The maximum Gasteiger partial charge on any atom is 0.408 e. The lowest BCUT2D eigenvalue weighted by Gasteiger charge is -2.23. The lowest BCUT2D eigenvalue weighted by molar-refractivity contribution is -0.119. The van der Waals surface area contributed by atoms with Gasteiger partial charge in [-0.1, -0.05) is 0 Å². The predicted molar refractivity (Wildman–Crippen MR) is 126 cm³/mol. The number of rotatable bonds is 10. The van der Waals surface area contributed by atoms with Crippen molar-refractivity contribution in [1.29, 1.82) is 0 Å². The van der Waals surface area contributed by atoms with Crippen LogP contribution in [0.5, 0.6) is 0 Å². The van der Waals surface area contributed by atoms with Crippen molar-refractivity contribution in [2.24, 2.45) is 0 Å². The van der Waals surface area contributed by atoms with E-state index < -0.39 is 72.1 Å². The first-order chi connectivity index (χ1) is 17.2. The van der Waals surface area contributed by atoms with Crippen LogP contribution in [-0.2, 0) is 19.1 Å². The number of alkyl carbamates (subject to hydrolysis) is 1. The van der Waals surface area contributed by atoms with Crippen LogP contribution in [-0.4, -0.2) is 85.9 Å². The number of aliphatic hydroxyl groups is 3. The number of hydrogen-bond acceptors (Lipinski definition) is 10. The first-order valence-corrected chi connectivity index (χ1v) is 11.7. The topological polar surface area (TPSA) is 201 Å². The molecule has 1 aromatic heterocycles. The molecule has 1 fully saturated rings. The molecule has 0 aliphatic carbocycles. The van der Waals surface area contributed by atoms with Crippen molar-refractivity contribution in [3.05, 3.63) is 22.5 Å². The zero-order valence-electron chi connectivity index (χ0n) is 21.1. The van der Waals surface area contributed by atoms with Gasteiger partial charge >= 0.3 is 11.8 Å². The molecule has 3 amide bonds. The average molecular weight is 532 g/mol. The normalized spacial score (nSPS) is 22.3. The Morgan fingerprint density at radius 2 is 1.92 bits per heavy atom. The van der Waals surface area contributed by atoms with Gasteiger partial charge in [0.15, 0.2) is 17.9 Å². The molecular weight excluding hydrogens is 497 g/mol. The van der Waals surface area contributed by atoms with Gasteiger partial charge in [0.25, 0.3) is 0 Å². The number of anilines is 1. The fourth-order valence-corrected chi connectivity index (χ4v) is 3.49. The van der Waals surface area contributed by atoms with Gasteiger partial charge in [-0.3, -0.25) is 14.2 Å². The summed E-state index contributed by atoms with van der Waals surface area (Å²) in [5.74, 6) is -2.98. The van der Waals surface area contributed by atoms with E-state index in [9.17, 15) is 38.9 Å². The monoisotopic (exact) mass is 531 g/mol. The van der Waals surface area contributed by atoms with Crippen LogP contribution < -0.4 is 21.6 Å². The summed E-state index contributed by atoms with van der Waals surface area (Å²) < 4.78 is 25.8. The minimum atomic E-state index is -1.64. The van der Waals surface area contributed by atoms with Gasteiger partial charge in [-0.25, -0.2) is 14.0 Å². The van der Waals surface area contributed by atoms with Gasteiger partial charge < -0.3 is 40.7 Å². The van der Waals surface area contributed by atoms with Crippen LogP contribution in [0, 0.1) is 5.82 Å². The molecule has 37 heavy (non-hydrogen) atoms. The van der Waals surface area contributed by atoms with Crippen molar-refractivity contribution < 1.29 is 43.6 Å². The number of aromatic nitrogens is 2. The number of ether oxygens (including phenoxy) is 2. The lowest BCUT2D eigenvalue weighted by atomic mass is 10.1. The van der Waals surface area contributed by atoms with Gasteiger partial charge in [0.1, 0.15) is 30.0 Å². The molecule has 0 aromatic carbocycles. The Morgan fingerprint density at radius 3 is 2.49 bits per heavy atom. The number of carbonyl (C=O) groups excluding carboxylic acids is 3. The number of nitrogens with zero attached hydrogens (tertiary/aromatic N) is 2. The molecule has 1 saturated heterocycles. The summed E-state index contributed by atoms with van der Waals surface area (Å²) in [5.41, 5.74) is -1.96. The quantitative estimate of drug-likeness (QED) is 0.206. The van der Waals surface area contributed by atoms with Gasteiger partial charge in [-0.2, -0.15) is 4.98 Å². The van der Waals surface area contributed by atoms with Crippen molar-refractivity contribution in [1.82, 2.24) is 20.2 Å². The van der Waals surface area contributed by atoms with Gasteiger partial charge in [-0.05, 0) is 40.0 Å². The van der Waals surface area contributed by atoms with Crippen LogP contribution in [0.1, 0.15) is 53.2 Å². The SMILES string of the molecule is CC(=O)NCCCCC(NC(=O)OC(C)(C)C)C(=O)Nc1nc(=O)n([C@@H]2O[C@H](CO)C(O)C2O)cc1F. The Balaban J connectivity index is 2.16. The number of carbonyl (C=O) groups is 3. The zero-order chi connectivity index (χ0) is 27.9. The number of nitrogens with one attached hydrogen (secondary N) is 3. The van der Waals surface area contributed by atoms with E-state index in [4.69, 9.17) is 9.47 Å². The number of amides is 3. The molecule has 5 atom stereocenters. The van der Waals surface area contributed by atoms with Crippen molar-refractivity contribution in [2.45, 2.75) is 83.1 Å². The van der Waals surface area contributed by atoms with Crippen molar-refractivity contribution in [3.8, 4) is 0 Å². The Hall–Kier alpha value is -3.14. The van der Waals surface area contributed by atoms with Crippen molar-refractivity contribution >= 4 is 23.7 Å². The highest BCUT2D eigenvalue weighted by Crippen LogP contribution is 2.28. The minimum Gasteiger partial charge on any atom is -0.444 e. The van der Waals surface area contributed by atoms with Crippen LogP contribution in [0.15, 0.2) is 11.0 Å². The number of halogens is 1. The van der Waals surface area contributed by atoms with E-state index >= 15 is 0 Å². The Morgan fingerprint density at radius 1 is 1.24 bits per heavy atom. The summed E-state index contributed by atoms with van der Waals surface area (Å²) in [7, 11) is 0. The number of aliphatic hydroxyl groups excluding tert-OH is 3.